The van der Waals surface area contributed by atoms with Crippen LogP contribution in [0.1, 0.15) is 30.5 Å². The van der Waals surface area contributed by atoms with Crippen molar-refractivity contribution >= 4 is 27.3 Å². The molecule has 2 aromatic carbocycles. The van der Waals surface area contributed by atoms with Gasteiger partial charge in [-0.2, -0.15) is 5.10 Å². The minimum Gasteiger partial charge on any atom is -0.284 e. The minimum absolute atomic E-state index is 0.232. The molecule has 0 aliphatic carbocycles. The van der Waals surface area contributed by atoms with Gasteiger partial charge in [-0.25, -0.2) is 17.8 Å². The summed E-state index contributed by atoms with van der Waals surface area (Å²) in [6.07, 6.45) is 1.53. The smallest absolute Gasteiger partial charge is 0.240 e. The highest BCUT2D eigenvalue weighted by atomic mass is 32.2. The van der Waals surface area contributed by atoms with E-state index in [0.29, 0.717) is 23.4 Å². The van der Waals surface area contributed by atoms with Crippen LogP contribution in [-0.2, 0) is 14.8 Å². The van der Waals surface area contributed by atoms with E-state index >= 15 is 0 Å². The van der Waals surface area contributed by atoms with Crippen LogP contribution in [0.2, 0.25) is 0 Å². The third-order valence-corrected chi connectivity index (χ3v) is 4.59. The minimum atomic E-state index is -3.35. The number of hydrazone groups is 1. The molecule has 0 fully saturated rings. The van der Waals surface area contributed by atoms with Crippen molar-refractivity contribution in [3.63, 3.8) is 0 Å². The Kier molecular flexibility index (Phi) is 4.78. The third-order valence-electron chi connectivity index (χ3n) is 3.99. The van der Waals surface area contributed by atoms with Crippen molar-refractivity contribution in [2.24, 2.45) is 5.10 Å². The van der Waals surface area contributed by atoms with Crippen LogP contribution in [0.4, 0.5) is 10.1 Å². The summed E-state index contributed by atoms with van der Waals surface area (Å²) in [5.74, 6) is -0.597. The molecule has 1 amide bonds. The molecule has 136 valence electrons. The molecule has 1 heterocycles. The summed E-state index contributed by atoms with van der Waals surface area (Å²) >= 11 is 0. The van der Waals surface area contributed by atoms with Crippen LogP contribution in [0, 0.1) is 5.82 Å². The highest BCUT2D eigenvalue weighted by Gasteiger charge is 2.31. The van der Waals surface area contributed by atoms with E-state index in [9.17, 15) is 17.6 Å². The number of benzene rings is 2. The van der Waals surface area contributed by atoms with Gasteiger partial charge in [-0.05, 0) is 35.4 Å². The van der Waals surface area contributed by atoms with Crippen LogP contribution in [0.25, 0.3) is 0 Å². The number of nitrogens with one attached hydrogen (secondary N) is 1. The number of hydrogen-bond acceptors (Lipinski definition) is 4. The molecule has 2 aromatic rings. The molecular formula is C18H18FN3O3S. The lowest BCUT2D eigenvalue weighted by Crippen LogP contribution is -2.24. The number of hydrogen-bond donors (Lipinski definition) is 1. The molecule has 1 aliphatic heterocycles. The standard InChI is InChI=1S/C18H18FN3O3S/c1-12(23)22-18(14-4-3-5-15(19)10-14)11-17(20-22)13-6-8-16(9-7-13)21-26(2,24)25/h3-10,18,21H,11H2,1-2H3/t18-/m0/s1. The molecule has 0 radical (unpaired) electrons. The van der Waals surface area contributed by atoms with Crippen molar-refractivity contribution in [1.82, 2.24) is 5.01 Å². The van der Waals surface area contributed by atoms with Gasteiger partial charge in [0, 0.05) is 19.0 Å². The number of halogens is 1. The van der Waals surface area contributed by atoms with Crippen molar-refractivity contribution in [1.29, 1.82) is 0 Å². The van der Waals surface area contributed by atoms with E-state index in [1.165, 1.54) is 24.1 Å². The fourth-order valence-corrected chi connectivity index (χ4v) is 3.46. The fraction of sp³-hybridized carbons (Fsp3) is 0.222. The Balaban J connectivity index is 1.87. The van der Waals surface area contributed by atoms with Crippen LogP contribution >= 0.6 is 0 Å². The van der Waals surface area contributed by atoms with Gasteiger partial charge in [0.1, 0.15) is 5.82 Å². The molecule has 1 aliphatic rings. The van der Waals surface area contributed by atoms with E-state index in [0.717, 1.165) is 11.8 Å². The largest absolute Gasteiger partial charge is 0.284 e. The van der Waals surface area contributed by atoms with Gasteiger partial charge in [0.2, 0.25) is 15.9 Å². The summed E-state index contributed by atoms with van der Waals surface area (Å²) in [5.41, 5.74) is 2.57. The van der Waals surface area contributed by atoms with E-state index in [2.05, 4.69) is 9.82 Å². The topological polar surface area (TPSA) is 78.8 Å². The highest BCUT2D eigenvalue weighted by molar-refractivity contribution is 7.92. The molecule has 1 atom stereocenters. The lowest BCUT2D eigenvalue weighted by Gasteiger charge is -2.20. The quantitative estimate of drug-likeness (QED) is 0.892. The first-order valence-corrected chi connectivity index (χ1v) is 9.83. The van der Waals surface area contributed by atoms with Crippen LogP contribution in [0.15, 0.2) is 53.6 Å². The van der Waals surface area contributed by atoms with Crippen molar-refractivity contribution in [2.45, 2.75) is 19.4 Å². The Bertz CT molecular complexity index is 971. The van der Waals surface area contributed by atoms with Crippen molar-refractivity contribution in [3.8, 4) is 0 Å². The first-order valence-electron chi connectivity index (χ1n) is 7.94. The Morgan fingerprint density at radius 2 is 1.92 bits per heavy atom. The first-order chi connectivity index (χ1) is 12.2. The summed E-state index contributed by atoms with van der Waals surface area (Å²) in [6, 6.07) is 12.5. The molecule has 6 nitrogen and oxygen atoms in total. The van der Waals surface area contributed by atoms with Gasteiger partial charge in [-0.1, -0.05) is 24.3 Å². The highest BCUT2D eigenvalue weighted by Crippen LogP contribution is 2.33. The molecule has 0 saturated heterocycles. The van der Waals surface area contributed by atoms with Gasteiger partial charge in [0.25, 0.3) is 0 Å². The van der Waals surface area contributed by atoms with Gasteiger partial charge < -0.3 is 0 Å². The van der Waals surface area contributed by atoms with Crippen molar-refractivity contribution in [3.05, 3.63) is 65.5 Å². The molecule has 0 saturated carbocycles. The number of amides is 1. The predicted octanol–water partition coefficient (Wildman–Crippen LogP) is 2.89. The van der Waals surface area contributed by atoms with Crippen molar-refractivity contribution in [2.75, 3.05) is 11.0 Å². The second-order valence-electron chi connectivity index (χ2n) is 6.14. The summed E-state index contributed by atoms with van der Waals surface area (Å²) in [4.78, 5) is 12.0. The summed E-state index contributed by atoms with van der Waals surface area (Å²) < 4.78 is 38.5. The van der Waals surface area contributed by atoms with Gasteiger partial charge in [0.15, 0.2) is 0 Å². The molecule has 8 heteroatoms. The fourth-order valence-electron chi connectivity index (χ4n) is 2.89. The van der Waals surface area contributed by atoms with Crippen LogP contribution in [0.3, 0.4) is 0 Å². The summed E-state index contributed by atoms with van der Waals surface area (Å²) in [7, 11) is -3.35. The molecule has 3 rings (SSSR count). The first kappa shape index (κ1) is 18.1. The molecule has 0 unspecified atom stereocenters. The van der Waals surface area contributed by atoms with Gasteiger partial charge in [-0.15, -0.1) is 0 Å². The SMILES string of the molecule is CC(=O)N1N=C(c2ccc(NS(C)(=O)=O)cc2)C[C@H]1c1cccc(F)c1. The summed E-state index contributed by atoms with van der Waals surface area (Å²) in [5, 5.41) is 5.74. The molecule has 0 bridgehead atoms. The molecule has 26 heavy (non-hydrogen) atoms. The molecule has 1 N–H and O–H groups in total. The lowest BCUT2D eigenvalue weighted by atomic mass is 9.98. The number of sulfonamides is 1. The Labute approximate surface area is 151 Å². The maximum absolute atomic E-state index is 13.6. The number of rotatable bonds is 4. The van der Waals surface area contributed by atoms with Gasteiger partial charge in [-0.3, -0.25) is 9.52 Å². The zero-order valence-corrected chi connectivity index (χ0v) is 15.1. The summed E-state index contributed by atoms with van der Waals surface area (Å²) in [6.45, 7) is 1.41. The maximum Gasteiger partial charge on any atom is 0.240 e. The van der Waals surface area contributed by atoms with E-state index in [1.54, 1.807) is 36.4 Å². The Hall–Kier alpha value is -2.74. The average molecular weight is 375 g/mol. The molecule has 0 spiro atoms. The van der Waals surface area contributed by atoms with E-state index < -0.39 is 10.0 Å². The maximum atomic E-state index is 13.6. The number of anilines is 1. The van der Waals surface area contributed by atoms with Gasteiger partial charge in [0.05, 0.1) is 18.0 Å². The Morgan fingerprint density at radius 1 is 1.23 bits per heavy atom. The predicted molar refractivity (Wildman–Crippen MR) is 97.7 cm³/mol. The zero-order valence-electron chi connectivity index (χ0n) is 14.3. The molecule has 0 aromatic heterocycles. The Morgan fingerprint density at radius 3 is 2.50 bits per heavy atom. The van der Waals surface area contributed by atoms with E-state index in [4.69, 9.17) is 0 Å². The number of nitrogens with zero attached hydrogens (tertiary/aromatic N) is 2. The number of carbonyl (C=O) groups is 1. The zero-order chi connectivity index (χ0) is 18.9. The van der Waals surface area contributed by atoms with Crippen molar-refractivity contribution < 1.29 is 17.6 Å². The van der Waals surface area contributed by atoms with E-state index in [-0.39, 0.29) is 17.8 Å². The van der Waals surface area contributed by atoms with E-state index in [1.807, 2.05) is 0 Å². The third kappa shape index (κ3) is 4.08. The number of carbonyl (C=O) groups excluding carboxylic acids is 1. The average Bonchev–Trinajstić information content (AvgIpc) is 2.99. The second-order valence-corrected chi connectivity index (χ2v) is 7.89. The lowest BCUT2D eigenvalue weighted by molar-refractivity contribution is -0.130. The van der Waals surface area contributed by atoms with Gasteiger partial charge >= 0.3 is 0 Å². The monoisotopic (exact) mass is 375 g/mol. The molecular weight excluding hydrogens is 357 g/mol. The van der Waals surface area contributed by atoms with Crippen LogP contribution in [-0.4, -0.2) is 31.3 Å². The van der Waals surface area contributed by atoms with Crippen LogP contribution < -0.4 is 4.72 Å². The second kappa shape index (κ2) is 6.87. The normalized spacial score (nSPS) is 17.1. The van der Waals surface area contributed by atoms with Crippen LogP contribution in [0.5, 0.6) is 0 Å².